The molecule has 2 aliphatic rings. The summed E-state index contributed by atoms with van der Waals surface area (Å²) in [7, 11) is 0. The van der Waals surface area contributed by atoms with E-state index in [4.69, 9.17) is 4.74 Å². The van der Waals surface area contributed by atoms with E-state index >= 15 is 4.39 Å². The van der Waals surface area contributed by atoms with Crippen LogP contribution in [0.5, 0.6) is 0 Å². The normalized spacial score (nSPS) is 23.5. The first kappa shape index (κ1) is 17.0. The Morgan fingerprint density at radius 1 is 1.46 bits per heavy atom. The van der Waals surface area contributed by atoms with Crippen LogP contribution in [0.1, 0.15) is 67.1 Å². The summed E-state index contributed by atoms with van der Waals surface area (Å²) >= 11 is 0. The number of hydrogen-bond acceptors (Lipinski definition) is 3. The maximum absolute atomic E-state index is 15.3. The number of fused-ring (bicyclic) bond motifs is 1. The van der Waals surface area contributed by atoms with Crippen LogP contribution in [0.3, 0.4) is 0 Å². The first-order chi connectivity index (χ1) is 12.3. The van der Waals surface area contributed by atoms with E-state index in [2.05, 4.69) is 6.07 Å². The van der Waals surface area contributed by atoms with Crippen LogP contribution in [0.15, 0.2) is 18.3 Å². The van der Waals surface area contributed by atoms with Gasteiger partial charge in [0.25, 0.3) is 0 Å². The Kier molecular flexibility index (Phi) is 3.64. The Morgan fingerprint density at radius 2 is 2.19 bits per heavy atom. The Hall–Kier alpha value is -2.39. The number of nitrogens with zero attached hydrogens (tertiary/aromatic N) is 2. The lowest BCUT2D eigenvalue weighted by atomic mass is 9.83. The van der Waals surface area contributed by atoms with E-state index < -0.39 is 17.2 Å². The molecular weight excluding hydrogens is 335 g/mol. The zero-order chi connectivity index (χ0) is 18.7. The molecule has 2 aromatic heterocycles. The topological polar surface area (TPSA) is 74.7 Å². The van der Waals surface area contributed by atoms with Crippen molar-refractivity contribution in [3.05, 3.63) is 41.0 Å². The van der Waals surface area contributed by atoms with Gasteiger partial charge in [-0.25, -0.2) is 9.18 Å². The SMILES string of the molecule is CC1(C)CC(c2ccn3c(C4(C#N)CC4)c(C(=O)O)cc3c2F)CCO1. The molecule has 1 aliphatic heterocycles. The van der Waals surface area contributed by atoms with Gasteiger partial charge >= 0.3 is 5.97 Å². The fraction of sp³-hybridized carbons (Fsp3) is 0.500. The van der Waals surface area contributed by atoms with Crippen LogP contribution in [-0.4, -0.2) is 27.7 Å². The molecule has 0 amide bonds. The molecule has 1 saturated heterocycles. The van der Waals surface area contributed by atoms with Crippen molar-refractivity contribution in [3.8, 4) is 6.07 Å². The second-order valence-corrected chi connectivity index (χ2v) is 8.04. The van der Waals surface area contributed by atoms with E-state index in [9.17, 15) is 15.2 Å². The first-order valence-corrected chi connectivity index (χ1v) is 8.90. The third-order valence-corrected chi connectivity index (χ3v) is 5.70. The molecule has 1 N–H and O–H groups in total. The highest BCUT2D eigenvalue weighted by molar-refractivity contribution is 5.92. The summed E-state index contributed by atoms with van der Waals surface area (Å²) in [6, 6.07) is 5.33. The third-order valence-electron chi connectivity index (χ3n) is 5.70. The van der Waals surface area contributed by atoms with Gasteiger partial charge in [-0.05, 0) is 63.1 Å². The summed E-state index contributed by atoms with van der Waals surface area (Å²) in [4.78, 5) is 11.7. The van der Waals surface area contributed by atoms with Gasteiger partial charge in [0, 0.05) is 12.8 Å². The van der Waals surface area contributed by atoms with Crippen molar-refractivity contribution in [1.29, 1.82) is 5.26 Å². The van der Waals surface area contributed by atoms with Crippen molar-refractivity contribution < 1.29 is 19.0 Å². The lowest BCUT2D eigenvalue weighted by Crippen LogP contribution is -2.33. The van der Waals surface area contributed by atoms with E-state index in [0.29, 0.717) is 37.1 Å². The highest BCUT2D eigenvalue weighted by Crippen LogP contribution is 2.50. The van der Waals surface area contributed by atoms with E-state index in [-0.39, 0.29) is 22.6 Å². The molecule has 4 rings (SSSR count). The van der Waals surface area contributed by atoms with E-state index in [0.717, 1.165) is 6.42 Å². The van der Waals surface area contributed by atoms with Crippen LogP contribution < -0.4 is 0 Å². The summed E-state index contributed by atoms with van der Waals surface area (Å²) in [6.45, 7) is 4.57. The molecule has 2 fully saturated rings. The first-order valence-electron chi connectivity index (χ1n) is 8.90. The van der Waals surface area contributed by atoms with Gasteiger partial charge in [-0.15, -0.1) is 0 Å². The third kappa shape index (κ3) is 2.50. The molecule has 26 heavy (non-hydrogen) atoms. The Balaban J connectivity index is 1.87. The molecular formula is C20H21FN2O3. The molecule has 0 spiro atoms. The maximum atomic E-state index is 15.3. The van der Waals surface area contributed by atoms with Crippen molar-refractivity contribution in [2.75, 3.05) is 6.61 Å². The van der Waals surface area contributed by atoms with E-state index in [1.54, 1.807) is 16.7 Å². The standard InChI is InChI=1S/C20H21FN2O3/c1-19(2)10-12(4-8-26-19)13-3-7-23-15(16(13)21)9-14(18(24)25)17(23)20(11-22)5-6-20/h3,7,9,12H,4-6,8,10H2,1-2H3,(H,24,25). The minimum atomic E-state index is -1.13. The largest absolute Gasteiger partial charge is 0.478 e. The van der Waals surface area contributed by atoms with Crippen molar-refractivity contribution >= 4 is 11.5 Å². The summed E-state index contributed by atoms with van der Waals surface area (Å²) in [5.41, 5.74) is 0.138. The van der Waals surface area contributed by atoms with Gasteiger partial charge in [-0.1, -0.05) is 0 Å². The second-order valence-electron chi connectivity index (χ2n) is 8.04. The number of rotatable bonds is 3. The zero-order valence-electron chi connectivity index (χ0n) is 14.9. The zero-order valence-corrected chi connectivity index (χ0v) is 14.9. The van der Waals surface area contributed by atoms with Crippen LogP contribution in [0, 0.1) is 17.1 Å². The molecule has 0 radical (unpaired) electrons. The number of carboxylic acids is 1. The molecule has 3 heterocycles. The van der Waals surface area contributed by atoms with Gasteiger partial charge in [0.05, 0.1) is 33.9 Å². The Morgan fingerprint density at radius 3 is 2.77 bits per heavy atom. The molecule has 1 saturated carbocycles. The fourth-order valence-electron chi connectivity index (χ4n) is 4.22. The highest BCUT2D eigenvalue weighted by atomic mass is 19.1. The molecule has 136 valence electrons. The van der Waals surface area contributed by atoms with Gasteiger partial charge < -0.3 is 14.2 Å². The number of carboxylic acid groups (broad SMARTS) is 1. The van der Waals surface area contributed by atoms with Crippen molar-refractivity contribution in [3.63, 3.8) is 0 Å². The molecule has 1 unspecified atom stereocenters. The summed E-state index contributed by atoms with van der Waals surface area (Å²) in [6.07, 6.45) is 4.37. The molecule has 1 atom stereocenters. The van der Waals surface area contributed by atoms with Gasteiger partial charge in [0.15, 0.2) is 5.82 Å². The number of nitriles is 1. The van der Waals surface area contributed by atoms with Crippen molar-refractivity contribution in [1.82, 2.24) is 4.40 Å². The molecule has 0 bridgehead atoms. The Bertz CT molecular complexity index is 950. The summed E-state index contributed by atoms with van der Waals surface area (Å²) < 4.78 is 22.6. The number of ether oxygens (including phenoxy) is 1. The molecule has 5 nitrogen and oxygen atoms in total. The van der Waals surface area contributed by atoms with Crippen LogP contribution in [-0.2, 0) is 10.2 Å². The quantitative estimate of drug-likeness (QED) is 0.902. The minimum Gasteiger partial charge on any atom is -0.478 e. The lowest BCUT2D eigenvalue weighted by molar-refractivity contribution is -0.0596. The molecule has 1 aliphatic carbocycles. The van der Waals surface area contributed by atoms with Gasteiger partial charge in [0.1, 0.15) is 0 Å². The summed E-state index contributed by atoms with van der Waals surface area (Å²) in [5, 5.41) is 19.1. The van der Waals surface area contributed by atoms with Crippen molar-refractivity contribution in [2.24, 2.45) is 0 Å². The van der Waals surface area contributed by atoms with Gasteiger partial charge in [-0.2, -0.15) is 5.26 Å². The molecule has 2 aromatic rings. The minimum absolute atomic E-state index is 0.0207. The summed E-state index contributed by atoms with van der Waals surface area (Å²) in [5.74, 6) is -1.49. The second kappa shape index (κ2) is 5.55. The maximum Gasteiger partial charge on any atom is 0.337 e. The fourth-order valence-corrected chi connectivity index (χ4v) is 4.22. The number of pyridine rings is 1. The lowest BCUT2D eigenvalue weighted by Gasteiger charge is -2.35. The number of carbonyl (C=O) groups is 1. The Labute approximate surface area is 151 Å². The predicted octanol–water partition coefficient (Wildman–Crippen LogP) is 4.00. The van der Waals surface area contributed by atoms with Gasteiger partial charge in [0.2, 0.25) is 0 Å². The van der Waals surface area contributed by atoms with Crippen LogP contribution in [0.25, 0.3) is 5.52 Å². The van der Waals surface area contributed by atoms with Crippen LogP contribution >= 0.6 is 0 Å². The molecule has 6 heteroatoms. The number of halogens is 1. The number of aromatic nitrogens is 1. The van der Waals surface area contributed by atoms with Crippen molar-refractivity contribution in [2.45, 2.75) is 56.5 Å². The number of aromatic carboxylic acids is 1. The smallest absolute Gasteiger partial charge is 0.337 e. The van der Waals surface area contributed by atoms with Crippen LogP contribution in [0.4, 0.5) is 4.39 Å². The highest BCUT2D eigenvalue weighted by Gasteiger charge is 2.49. The van der Waals surface area contributed by atoms with Gasteiger partial charge in [-0.3, -0.25) is 0 Å². The van der Waals surface area contributed by atoms with E-state index in [1.165, 1.54) is 6.07 Å². The predicted molar refractivity (Wildman–Crippen MR) is 92.8 cm³/mol. The average molecular weight is 356 g/mol. The van der Waals surface area contributed by atoms with E-state index in [1.807, 2.05) is 13.8 Å². The average Bonchev–Trinajstić information content (AvgIpc) is 3.26. The monoisotopic (exact) mass is 356 g/mol. The number of hydrogen-bond donors (Lipinski definition) is 1. The molecule has 0 aromatic carbocycles. The van der Waals surface area contributed by atoms with Crippen LogP contribution in [0.2, 0.25) is 0 Å².